The van der Waals surface area contributed by atoms with E-state index >= 15 is 0 Å². The first-order valence-electron chi connectivity index (χ1n) is 6.23. The second-order valence-corrected chi connectivity index (χ2v) is 6.59. The summed E-state index contributed by atoms with van der Waals surface area (Å²) < 4.78 is 10.2. The number of rotatable bonds is 7. The highest BCUT2D eigenvalue weighted by atomic mass is 32.2. The highest BCUT2D eigenvalue weighted by Crippen LogP contribution is 2.13. The van der Waals surface area contributed by atoms with Gasteiger partial charge >= 0.3 is 11.9 Å². The summed E-state index contributed by atoms with van der Waals surface area (Å²) in [6.07, 6.45) is -1.34. The molecule has 0 fully saturated rings. The van der Waals surface area contributed by atoms with Gasteiger partial charge in [0.25, 0.3) is 0 Å². The number of hydrogen-bond donors (Lipinski definition) is 1. The first-order chi connectivity index (χ1) is 9.03. The largest absolute Gasteiger partial charge is 0.478 e. The third-order valence-electron chi connectivity index (χ3n) is 2.14. The van der Waals surface area contributed by atoms with Crippen molar-refractivity contribution in [1.29, 1.82) is 0 Å². The van der Waals surface area contributed by atoms with Gasteiger partial charge in [0.1, 0.15) is 0 Å². The molecule has 0 amide bonds. The van der Waals surface area contributed by atoms with Gasteiger partial charge in [-0.15, -0.1) is 0 Å². The summed E-state index contributed by atoms with van der Waals surface area (Å²) in [6.45, 7) is 8.11. The average Bonchev–Trinajstić information content (AvgIpc) is 2.29. The smallest absolute Gasteiger partial charge is 0.347 e. The molecule has 0 saturated heterocycles. The van der Waals surface area contributed by atoms with Crippen molar-refractivity contribution in [2.24, 2.45) is 5.92 Å². The zero-order valence-corrected chi connectivity index (χ0v) is 13.3. The maximum atomic E-state index is 11.7. The Hall–Kier alpha value is -1.08. The Morgan fingerprint density at radius 2 is 1.80 bits per heavy atom. The predicted octanol–water partition coefficient (Wildman–Crippen LogP) is 1.71. The third-order valence-corrected chi connectivity index (χ3v) is 3.21. The Bertz CT molecular complexity index is 360. The lowest BCUT2D eigenvalue weighted by Gasteiger charge is -2.23. The van der Waals surface area contributed by atoms with Gasteiger partial charge in [-0.2, -0.15) is 0 Å². The van der Waals surface area contributed by atoms with Crippen molar-refractivity contribution in [1.82, 2.24) is 0 Å². The highest BCUT2D eigenvalue weighted by molar-refractivity contribution is 8.13. The summed E-state index contributed by atoms with van der Waals surface area (Å²) in [5.41, 5.74) is -0.518. The van der Waals surface area contributed by atoms with Gasteiger partial charge in [-0.25, -0.2) is 4.79 Å². The van der Waals surface area contributed by atoms with Gasteiger partial charge in [0.05, 0.1) is 18.1 Å². The first-order valence-corrected chi connectivity index (χ1v) is 7.22. The van der Waals surface area contributed by atoms with E-state index in [0.29, 0.717) is 0 Å². The zero-order chi connectivity index (χ0) is 15.9. The van der Waals surface area contributed by atoms with Crippen LogP contribution in [-0.4, -0.2) is 46.2 Å². The van der Waals surface area contributed by atoms with Gasteiger partial charge < -0.3 is 14.6 Å². The molecule has 1 unspecified atom stereocenters. The van der Waals surface area contributed by atoms with E-state index in [1.54, 1.807) is 27.7 Å². The molecule has 0 spiro atoms. The fraction of sp³-hybridized carbons (Fsp3) is 0.769. The second-order valence-electron chi connectivity index (χ2n) is 5.39. The Morgan fingerprint density at radius 3 is 2.20 bits per heavy atom. The second kappa shape index (κ2) is 8.26. The molecule has 116 valence electrons. The fourth-order valence-electron chi connectivity index (χ4n) is 1.05. The zero-order valence-electron chi connectivity index (χ0n) is 12.5. The van der Waals surface area contributed by atoms with E-state index in [2.05, 4.69) is 0 Å². The summed E-state index contributed by atoms with van der Waals surface area (Å²) in [5, 5.41) is 8.90. The molecule has 0 aliphatic rings. The van der Waals surface area contributed by atoms with Crippen LogP contribution in [0.5, 0.6) is 0 Å². The van der Waals surface area contributed by atoms with Crippen molar-refractivity contribution in [2.45, 2.75) is 46.3 Å². The van der Waals surface area contributed by atoms with E-state index in [4.69, 9.17) is 14.6 Å². The van der Waals surface area contributed by atoms with E-state index in [9.17, 15) is 14.4 Å². The molecule has 0 aromatic heterocycles. The van der Waals surface area contributed by atoms with Crippen molar-refractivity contribution < 1.29 is 29.0 Å². The van der Waals surface area contributed by atoms with Crippen molar-refractivity contribution in [3.63, 3.8) is 0 Å². The normalized spacial score (nSPS) is 14.4. The lowest BCUT2D eigenvalue weighted by atomic mass is 10.2. The molecular weight excluding hydrogens is 284 g/mol. The maximum Gasteiger partial charge on any atom is 0.347 e. The Kier molecular flexibility index (Phi) is 7.82. The summed E-state index contributed by atoms with van der Waals surface area (Å²) in [6, 6.07) is 0. The number of carbonyl (C=O) groups excluding carboxylic acids is 2. The van der Waals surface area contributed by atoms with Crippen molar-refractivity contribution in [3.05, 3.63) is 0 Å². The first kappa shape index (κ1) is 18.9. The van der Waals surface area contributed by atoms with Gasteiger partial charge in [0.15, 0.2) is 5.12 Å². The van der Waals surface area contributed by atoms with Gasteiger partial charge in [0.2, 0.25) is 6.10 Å². The number of carbonyl (C=O) groups is 3. The van der Waals surface area contributed by atoms with Crippen LogP contribution in [0.4, 0.5) is 0 Å². The number of esters is 1. The third kappa shape index (κ3) is 8.92. The van der Waals surface area contributed by atoms with E-state index in [0.717, 1.165) is 11.8 Å². The lowest BCUT2D eigenvalue weighted by molar-refractivity contribution is -0.173. The molecular formula is C13H22O6S. The minimum absolute atomic E-state index is 0.101. The fourth-order valence-corrected chi connectivity index (χ4v) is 1.67. The number of aliphatic carboxylic acids is 1. The molecule has 0 aliphatic carbocycles. The average molecular weight is 306 g/mol. The van der Waals surface area contributed by atoms with E-state index in [1.807, 2.05) is 0 Å². The van der Waals surface area contributed by atoms with Crippen molar-refractivity contribution >= 4 is 28.8 Å². The van der Waals surface area contributed by atoms with Crippen LogP contribution in [0.15, 0.2) is 0 Å². The standard InChI is InChI=1S/C13H22O6S/c1-8(7-20-9(2)14)12(17)19-10(11(15)16)6-18-13(3,4)5/h8,10H,6-7H2,1-5H3,(H,15,16)/t8-,10?/m1/s1. The SMILES string of the molecule is CC(=O)SC[C@@H](C)C(=O)OC(COC(C)(C)C)C(=O)O. The quantitative estimate of drug-likeness (QED) is 0.716. The molecule has 6 nitrogen and oxygen atoms in total. The number of ether oxygens (including phenoxy) is 2. The van der Waals surface area contributed by atoms with Crippen LogP contribution < -0.4 is 0 Å². The van der Waals surface area contributed by atoms with Crippen LogP contribution in [0.2, 0.25) is 0 Å². The number of hydrogen-bond acceptors (Lipinski definition) is 6. The van der Waals surface area contributed by atoms with E-state index in [-0.39, 0.29) is 17.5 Å². The Labute approximate surface area is 123 Å². The van der Waals surface area contributed by atoms with Crippen LogP contribution >= 0.6 is 11.8 Å². The molecule has 0 saturated carbocycles. The number of thioether (sulfide) groups is 1. The maximum absolute atomic E-state index is 11.7. The van der Waals surface area contributed by atoms with Gasteiger partial charge in [-0.1, -0.05) is 18.7 Å². The molecule has 7 heteroatoms. The summed E-state index contributed by atoms with van der Waals surface area (Å²) in [5.74, 6) is -2.20. The molecule has 20 heavy (non-hydrogen) atoms. The topological polar surface area (TPSA) is 89.9 Å². The minimum atomic E-state index is -1.34. The van der Waals surface area contributed by atoms with Crippen LogP contribution in [0.25, 0.3) is 0 Å². The molecule has 0 bridgehead atoms. The molecule has 0 aromatic rings. The molecule has 0 rings (SSSR count). The number of carboxylic acid groups (broad SMARTS) is 1. The molecule has 0 aromatic carbocycles. The van der Waals surface area contributed by atoms with Crippen LogP contribution in [0, 0.1) is 5.92 Å². The number of carboxylic acids is 1. The van der Waals surface area contributed by atoms with E-state index < -0.39 is 29.6 Å². The van der Waals surface area contributed by atoms with Gasteiger partial charge in [-0.3, -0.25) is 9.59 Å². The van der Waals surface area contributed by atoms with Gasteiger partial charge in [0, 0.05) is 12.7 Å². The monoisotopic (exact) mass is 306 g/mol. The van der Waals surface area contributed by atoms with Crippen LogP contribution in [0.1, 0.15) is 34.6 Å². The Morgan fingerprint density at radius 1 is 1.25 bits per heavy atom. The molecule has 0 radical (unpaired) electrons. The molecule has 0 aliphatic heterocycles. The predicted molar refractivity (Wildman–Crippen MR) is 75.5 cm³/mol. The van der Waals surface area contributed by atoms with Crippen LogP contribution in [0.3, 0.4) is 0 Å². The lowest BCUT2D eigenvalue weighted by Crippen LogP contribution is -2.36. The van der Waals surface area contributed by atoms with Crippen molar-refractivity contribution in [3.8, 4) is 0 Å². The molecule has 0 heterocycles. The van der Waals surface area contributed by atoms with Crippen LogP contribution in [-0.2, 0) is 23.9 Å². The van der Waals surface area contributed by atoms with Crippen molar-refractivity contribution in [2.75, 3.05) is 12.4 Å². The van der Waals surface area contributed by atoms with E-state index in [1.165, 1.54) is 6.92 Å². The minimum Gasteiger partial charge on any atom is -0.478 e. The highest BCUT2D eigenvalue weighted by Gasteiger charge is 2.27. The summed E-state index contributed by atoms with van der Waals surface area (Å²) in [7, 11) is 0. The summed E-state index contributed by atoms with van der Waals surface area (Å²) in [4.78, 5) is 33.6. The van der Waals surface area contributed by atoms with Gasteiger partial charge in [-0.05, 0) is 20.8 Å². The molecule has 1 N–H and O–H groups in total. The molecule has 2 atom stereocenters. The summed E-state index contributed by atoms with van der Waals surface area (Å²) >= 11 is 1.00. The Balaban J connectivity index is 4.40.